The first-order chi connectivity index (χ1) is 35.9. The van der Waals surface area contributed by atoms with Gasteiger partial charge in [0.15, 0.2) is 5.82 Å². The Balaban J connectivity index is 0.758. The minimum absolute atomic E-state index is 0.00606. The molecule has 0 spiro atoms. The summed E-state index contributed by atoms with van der Waals surface area (Å²) in [6.45, 7) is 15.5. The first kappa shape index (κ1) is 57.8. The molecule has 1 saturated heterocycles. The zero-order valence-electron chi connectivity index (χ0n) is 42.9. The predicted molar refractivity (Wildman–Crippen MR) is 286 cm³/mol. The van der Waals surface area contributed by atoms with E-state index in [1.165, 1.54) is 29.1 Å². The molecule has 15 nitrogen and oxygen atoms in total. The number of carbonyl (C=O) groups is 2. The van der Waals surface area contributed by atoms with Crippen molar-refractivity contribution < 1.29 is 42.1 Å². The van der Waals surface area contributed by atoms with Gasteiger partial charge in [0.2, 0.25) is 11.8 Å². The molecule has 2 unspecified atom stereocenters. The molecule has 2 aliphatic rings. The van der Waals surface area contributed by atoms with Gasteiger partial charge in [0.1, 0.15) is 33.9 Å². The van der Waals surface area contributed by atoms with Crippen LogP contribution in [-0.2, 0) is 38.7 Å². The van der Waals surface area contributed by atoms with E-state index in [9.17, 15) is 14.9 Å². The fourth-order valence-electron chi connectivity index (χ4n) is 9.54. The number of thiophene rings is 1. The number of aliphatic imine (C=N–C) groups is 1. The fourth-order valence-corrected chi connectivity index (χ4v) is 11.2. The lowest BCUT2D eigenvalue weighted by Gasteiger charge is -2.37. The molecular formula is C54H63Cl3F2N8O7S. The molecule has 0 aliphatic carbocycles. The Labute approximate surface area is 455 Å². The molecule has 5 atom stereocenters. The van der Waals surface area contributed by atoms with E-state index in [0.29, 0.717) is 70.1 Å². The van der Waals surface area contributed by atoms with Crippen molar-refractivity contribution in [2.24, 2.45) is 10.4 Å². The quantitative estimate of drug-likeness (QED) is 0.0474. The number of carbonyl (C=O) groups excluding carboxylic acids is 2. The SMILES string of the molecule is Cc1sc2c(c1C)C(c1ccc(Cl)cc1)=N[C@@H](CC(=O)NCCOCCOCCOCCOCCOCCNC(=O)C1N[C@@H](CC(C)(C)C)[C@](C#N)(c3ccc(Cl)cc3F)C1c1cccc(Cl)c1F)c1nnc(C)n1-2. The summed E-state index contributed by atoms with van der Waals surface area (Å²) in [5.41, 5.74) is 1.74. The Morgan fingerprint density at radius 3 is 2.03 bits per heavy atom. The molecule has 7 rings (SSSR count). The van der Waals surface area contributed by atoms with Crippen LogP contribution in [0.4, 0.5) is 8.78 Å². The minimum Gasteiger partial charge on any atom is -0.377 e. The number of benzene rings is 3. The number of ether oxygens (including phenoxy) is 5. The van der Waals surface area contributed by atoms with Gasteiger partial charge in [0.05, 0.1) is 95.3 Å². The van der Waals surface area contributed by atoms with Gasteiger partial charge >= 0.3 is 0 Å². The lowest BCUT2D eigenvalue weighted by Crippen LogP contribution is -2.46. The topological polar surface area (TPSA) is 183 Å². The van der Waals surface area contributed by atoms with E-state index in [1.54, 1.807) is 17.4 Å². The number of rotatable bonds is 25. The highest BCUT2D eigenvalue weighted by atomic mass is 35.5. The average Bonchev–Trinajstić information content (AvgIpc) is 3.97. The molecule has 0 bridgehead atoms. The van der Waals surface area contributed by atoms with Crippen molar-refractivity contribution in [2.45, 2.75) is 83.8 Å². The lowest BCUT2D eigenvalue weighted by molar-refractivity contribution is -0.123. The summed E-state index contributed by atoms with van der Waals surface area (Å²) in [6.07, 6.45) is 0.431. The van der Waals surface area contributed by atoms with Crippen LogP contribution in [0, 0.1) is 49.2 Å². The van der Waals surface area contributed by atoms with Gasteiger partial charge in [-0.05, 0) is 74.1 Å². The highest BCUT2D eigenvalue weighted by Crippen LogP contribution is 2.53. The lowest BCUT2D eigenvalue weighted by atomic mass is 9.62. The van der Waals surface area contributed by atoms with Gasteiger partial charge in [-0.25, -0.2) is 8.78 Å². The maximum atomic E-state index is 15.9. The largest absolute Gasteiger partial charge is 0.377 e. The Bertz CT molecular complexity index is 2860. The van der Waals surface area contributed by atoms with Gasteiger partial charge in [-0.2, -0.15) is 5.26 Å². The molecule has 402 valence electrons. The van der Waals surface area contributed by atoms with E-state index in [1.807, 2.05) is 56.5 Å². The second kappa shape index (κ2) is 26.4. The van der Waals surface area contributed by atoms with E-state index in [2.05, 4.69) is 46.1 Å². The molecular weight excluding hydrogens is 1050 g/mol. The molecule has 5 aromatic rings. The van der Waals surface area contributed by atoms with Crippen molar-refractivity contribution in [3.63, 3.8) is 0 Å². The Hall–Kier alpha value is -4.91. The van der Waals surface area contributed by atoms with Gasteiger partial charge in [0, 0.05) is 56.7 Å². The summed E-state index contributed by atoms with van der Waals surface area (Å²) in [4.78, 5) is 33.5. The molecule has 4 heterocycles. The van der Waals surface area contributed by atoms with Crippen LogP contribution in [0.1, 0.15) is 89.9 Å². The van der Waals surface area contributed by atoms with Crippen LogP contribution >= 0.6 is 46.1 Å². The Morgan fingerprint density at radius 2 is 1.43 bits per heavy atom. The van der Waals surface area contributed by atoms with Gasteiger partial charge < -0.3 is 39.6 Å². The summed E-state index contributed by atoms with van der Waals surface area (Å²) < 4.78 is 62.0. The molecule has 0 saturated carbocycles. The first-order valence-corrected chi connectivity index (χ1v) is 26.8. The van der Waals surface area contributed by atoms with E-state index in [-0.39, 0.29) is 65.3 Å². The fraction of sp³-hybridized carbons (Fsp3) is 0.481. The van der Waals surface area contributed by atoms with Gasteiger partial charge in [-0.3, -0.25) is 19.1 Å². The number of nitrogens with one attached hydrogen (secondary N) is 3. The minimum atomic E-state index is -1.72. The molecule has 2 aromatic heterocycles. The van der Waals surface area contributed by atoms with E-state index in [4.69, 9.17) is 63.5 Å². The van der Waals surface area contributed by atoms with Gasteiger partial charge in [-0.1, -0.05) is 85.9 Å². The Kier molecular flexibility index (Phi) is 20.4. The third kappa shape index (κ3) is 14.0. The van der Waals surface area contributed by atoms with Crippen LogP contribution in [0.5, 0.6) is 0 Å². The third-order valence-corrected chi connectivity index (χ3v) is 15.0. The number of nitriles is 1. The summed E-state index contributed by atoms with van der Waals surface area (Å²) >= 11 is 20.3. The predicted octanol–water partition coefficient (Wildman–Crippen LogP) is 9.11. The molecule has 21 heteroatoms. The Morgan fingerprint density at radius 1 is 0.827 bits per heavy atom. The number of aromatic nitrogens is 3. The highest BCUT2D eigenvalue weighted by molar-refractivity contribution is 7.15. The number of aryl methyl sites for hydroxylation is 2. The number of fused-ring (bicyclic) bond motifs is 3. The number of nitrogens with zero attached hydrogens (tertiary/aromatic N) is 5. The van der Waals surface area contributed by atoms with Crippen LogP contribution in [0.3, 0.4) is 0 Å². The van der Waals surface area contributed by atoms with Crippen LogP contribution in [0.15, 0.2) is 65.7 Å². The van der Waals surface area contributed by atoms with Crippen molar-refractivity contribution in [3.05, 3.63) is 132 Å². The first-order valence-electron chi connectivity index (χ1n) is 24.8. The van der Waals surface area contributed by atoms with Crippen molar-refractivity contribution in [1.29, 1.82) is 5.26 Å². The maximum Gasteiger partial charge on any atom is 0.237 e. The monoisotopic (exact) mass is 1110 g/mol. The van der Waals surface area contributed by atoms with Crippen molar-refractivity contribution in [2.75, 3.05) is 79.2 Å². The third-order valence-electron chi connectivity index (χ3n) is 13.1. The smallest absolute Gasteiger partial charge is 0.237 e. The molecule has 1 fully saturated rings. The second-order valence-corrected chi connectivity index (χ2v) is 22.0. The van der Waals surface area contributed by atoms with E-state index < -0.39 is 47.0 Å². The summed E-state index contributed by atoms with van der Waals surface area (Å²) in [6, 6.07) is 15.9. The van der Waals surface area contributed by atoms with Crippen LogP contribution in [0.2, 0.25) is 15.1 Å². The molecule has 2 aliphatic heterocycles. The average molecular weight is 1110 g/mol. The van der Waals surface area contributed by atoms with Crippen LogP contribution in [-0.4, -0.2) is 124 Å². The van der Waals surface area contributed by atoms with Crippen molar-refractivity contribution >= 4 is 63.7 Å². The van der Waals surface area contributed by atoms with E-state index in [0.717, 1.165) is 39.3 Å². The van der Waals surface area contributed by atoms with Crippen LogP contribution in [0.25, 0.3) is 5.00 Å². The summed E-state index contributed by atoms with van der Waals surface area (Å²) in [7, 11) is 0. The second-order valence-electron chi connectivity index (χ2n) is 19.5. The zero-order valence-corrected chi connectivity index (χ0v) is 46.0. The van der Waals surface area contributed by atoms with Gasteiger partial charge in [0.25, 0.3) is 0 Å². The normalized spacial score (nSPS) is 19.3. The maximum absolute atomic E-state index is 15.9. The standard InChI is InChI=1S/C54H63Cl3F2N8O7S/c1-32-33(2)75-52-45(32)48(35-10-12-36(55)13-11-35)63-42(50-66-65-34(3)67(50)52)29-44(68)61-16-18-70-20-22-72-24-26-74-27-25-73-23-21-71-19-17-62-51(69)49-46(38-8-7-9-40(57)47(38)59)54(31-60,43(64-49)30-53(4,5)6)39-15-14-37(56)28-41(39)58/h7-15,28,42-43,46,49,64H,16-27,29-30H2,1-6H3,(H,61,68)(H,62,69)/t42-,43-,46?,49?,54-/m0/s1. The number of amides is 2. The number of halogens is 5. The summed E-state index contributed by atoms with van der Waals surface area (Å²) in [5.74, 6) is -2.05. The molecule has 75 heavy (non-hydrogen) atoms. The summed E-state index contributed by atoms with van der Waals surface area (Å²) in [5, 5.41) is 30.5. The zero-order chi connectivity index (χ0) is 53.9. The molecule has 2 amide bonds. The van der Waals surface area contributed by atoms with E-state index >= 15 is 8.78 Å². The number of hydrogen-bond donors (Lipinski definition) is 3. The molecule has 3 aromatic carbocycles. The van der Waals surface area contributed by atoms with Crippen LogP contribution < -0.4 is 16.0 Å². The molecule has 3 N–H and O–H groups in total. The molecule has 0 radical (unpaired) electrons. The van der Waals surface area contributed by atoms with Crippen molar-refractivity contribution in [1.82, 2.24) is 30.7 Å². The number of hydrogen-bond acceptors (Lipinski definition) is 13. The highest BCUT2D eigenvalue weighted by Gasteiger charge is 2.61. The van der Waals surface area contributed by atoms with Crippen molar-refractivity contribution in [3.8, 4) is 11.1 Å². The van der Waals surface area contributed by atoms with Gasteiger partial charge in [-0.15, -0.1) is 21.5 Å².